The molecular weight excluding hydrogens is 324 g/mol. The van der Waals surface area contributed by atoms with Crippen molar-refractivity contribution in [3.8, 4) is 11.5 Å². The molecule has 0 unspecified atom stereocenters. The Morgan fingerprint density at radius 1 is 1.29 bits per heavy atom. The fourth-order valence-electron chi connectivity index (χ4n) is 1.91. The molecule has 24 heavy (non-hydrogen) atoms. The maximum absolute atomic E-state index is 12.3. The van der Waals surface area contributed by atoms with E-state index in [0.717, 1.165) is 5.56 Å². The predicted molar refractivity (Wildman–Crippen MR) is 83.2 cm³/mol. The second kappa shape index (κ2) is 9.02. The number of nitrogens with zero attached hydrogens (tertiary/aromatic N) is 1. The van der Waals surface area contributed by atoms with Crippen molar-refractivity contribution in [2.45, 2.75) is 26.1 Å². The van der Waals surface area contributed by atoms with E-state index in [1.54, 1.807) is 31.0 Å². The van der Waals surface area contributed by atoms with Crippen molar-refractivity contribution in [1.29, 1.82) is 0 Å². The first kappa shape index (κ1) is 19.6. The van der Waals surface area contributed by atoms with Gasteiger partial charge in [0.2, 0.25) is 5.91 Å². The average Bonchev–Trinajstić information content (AvgIpc) is 2.54. The lowest BCUT2D eigenvalue weighted by Crippen LogP contribution is -2.47. The second-order valence-corrected chi connectivity index (χ2v) is 5.02. The Morgan fingerprint density at radius 3 is 2.50 bits per heavy atom. The van der Waals surface area contributed by atoms with Gasteiger partial charge in [0, 0.05) is 13.6 Å². The molecule has 7 nitrogen and oxygen atoms in total. The van der Waals surface area contributed by atoms with E-state index in [0.29, 0.717) is 6.54 Å². The number of rotatable bonds is 7. The molecule has 2 N–H and O–H groups in total. The molecule has 0 aromatic heterocycles. The van der Waals surface area contributed by atoms with Crippen LogP contribution in [0.1, 0.15) is 12.5 Å². The van der Waals surface area contributed by atoms with Crippen LogP contribution in [-0.4, -0.2) is 50.7 Å². The molecule has 0 aliphatic carbocycles. The summed E-state index contributed by atoms with van der Waals surface area (Å²) in [5.74, 6) is -0.352. The molecule has 0 radical (unpaired) electrons. The van der Waals surface area contributed by atoms with Crippen molar-refractivity contribution in [3.05, 3.63) is 23.8 Å². The number of imide groups is 1. The molecule has 0 saturated carbocycles. The summed E-state index contributed by atoms with van der Waals surface area (Å²) in [4.78, 5) is 24.8. The molecule has 0 fully saturated rings. The smallest absolute Gasteiger partial charge is 0.387 e. The highest BCUT2D eigenvalue weighted by molar-refractivity contribution is 5.96. The molecule has 134 valence electrons. The number of nitrogens with one attached hydrogen (secondary N) is 2. The zero-order valence-electron chi connectivity index (χ0n) is 13.9. The number of carbonyl (C=O) groups excluding carboxylic acids is 2. The summed E-state index contributed by atoms with van der Waals surface area (Å²) in [5.41, 5.74) is 0.732. The third-order valence-corrected chi connectivity index (χ3v) is 3.38. The van der Waals surface area contributed by atoms with Crippen molar-refractivity contribution in [3.63, 3.8) is 0 Å². The third kappa shape index (κ3) is 5.65. The lowest BCUT2D eigenvalue weighted by Gasteiger charge is -2.24. The lowest BCUT2D eigenvalue weighted by molar-refractivity contribution is -0.124. The minimum Gasteiger partial charge on any atom is -0.493 e. The number of alkyl halides is 2. The van der Waals surface area contributed by atoms with Gasteiger partial charge in [0.05, 0.1) is 13.2 Å². The number of carbonyl (C=O) groups is 2. The Hall–Kier alpha value is -2.42. The number of halogens is 2. The second-order valence-electron chi connectivity index (χ2n) is 5.02. The van der Waals surface area contributed by atoms with Crippen molar-refractivity contribution < 1.29 is 27.8 Å². The van der Waals surface area contributed by atoms with Crippen LogP contribution in [0.25, 0.3) is 0 Å². The molecule has 0 aliphatic heterocycles. The Kier molecular flexibility index (Phi) is 7.37. The predicted octanol–water partition coefficient (Wildman–Crippen LogP) is 1.57. The number of amides is 3. The van der Waals surface area contributed by atoms with Gasteiger partial charge in [-0.3, -0.25) is 15.0 Å². The van der Waals surface area contributed by atoms with Gasteiger partial charge >= 0.3 is 12.6 Å². The molecule has 1 aromatic carbocycles. The van der Waals surface area contributed by atoms with Gasteiger partial charge in [-0.05, 0) is 31.7 Å². The minimum absolute atomic E-state index is 0.0655. The van der Waals surface area contributed by atoms with Crippen LogP contribution in [0.4, 0.5) is 13.6 Å². The normalized spacial score (nSPS) is 12.0. The summed E-state index contributed by atoms with van der Waals surface area (Å²) in [6, 6.07) is 3.36. The number of likely N-dealkylation sites (N-methyl/N-ethyl adjacent to an activating group) is 1. The molecule has 1 atom stereocenters. The Bertz CT molecular complexity index is 584. The van der Waals surface area contributed by atoms with Crippen molar-refractivity contribution in [1.82, 2.24) is 15.5 Å². The first-order valence-electron chi connectivity index (χ1n) is 7.13. The molecule has 0 aliphatic rings. The van der Waals surface area contributed by atoms with Gasteiger partial charge in [-0.25, -0.2) is 4.79 Å². The Balaban J connectivity index is 2.77. The minimum atomic E-state index is -2.94. The van der Waals surface area contributed by atoms with Gasteiger partial charge in [0.25, 0.3) is 0 Å². The van der Waals surface area contributed by atoms with Gasteiger partial charge in [-0.1, -0.05) is 6.07 Å². The Morgan fingerprint density at radius 2 is 1.96 bits per heavy atom. The van der Waals surface area contributed by atoms with Crippen LogP contribution in [0.5, 0.6) is 11.5 Å². The number of hydrogen-bond donors (Lipinski definition) is 2. The summed E-state index contributed by atoms with van der Waals surface area (Å²) in [7, 11) is 4.46. The van der Waals surface area contributed by atoms with Gasteiger partial charge in [-0.2, -0.15) is 8.78 Å². The van der Waals surface area contributed by atoms with Gasteiger partial charge in [0.15, 0.2) is 11.5 Å². The standard InChI is InChI=1S/C15H21F2N3O4/c1-9(13(21)19-15(22)18-2)20(3)8-10-5-6-11(24-14(16)17)12(7-10)23-4/h5-7,9,14H,8H2,1-4H3,(H2,18,19,21,22)/t9-/m0/s1. The quantitative estimate of drug-likeness (QED) is 0.784. The molecular formula is C15H21F2N3O4. The number of hydrogen-bond acceptors (Lipinski definition) is 5. The molecule has 1 rings (SSSR count). The first-order valence-corrected chi connectivity index (χ1v) is 7.13. The topological polar surface area (TPSA) is 79.9 Å². The van der Waals surface area contributed by atoms with Crippen LogP contribution >= 0.6 is 0 Å². The molecule has 0 spiro atoms. The SMILES string of the molecule is CNC(=O)NC(=O)[C@H](C)N(C)Cc1ccc(OC(F)F)c(OC)c1. The Labute approximate surface area is 138 Å². The van der Waals surface area contributed by atoms with E-state index in [4.69, 9.17) is 4.74 Å². The number of urea groups is 1. The molecule has 0 saturated heterocycles. The largest absolute Gasteiger partial charge is 0.493 e. The van der Waals surface area contributed by atoms with Crippen molar-refractivity contribution >= 4 is 11.9 Å². The number of ether oxygens (including phenoxy) is 2. The summed E-state index contributed by atoms with van der Waals surface area (Å²) in [5, 5.41) is 4.49. The summed E-state index contributed by atoms with van der Waals surface area (Å²) in [6.45, 7) is -0.960. The van der Waals surface area contributed by atoms with Crippen LogP contribution in [0, 0.1) is 0 Å². The first-order chi connectivity index (χ1) is 11.3. The summed E-state index contributed by atoms with van der Waals surface area (Å²) >= 11 is 0. The van der Waals surface area contributed by atoms with Crippen LogP contribution in [0.2, 0.25) is 0 Å². The van der Waals surface area contributed by atoms with Gasteiger partial charge in [0.1, 0.15) is 0 Å². The summed E-state index contributed by atoms with van der Waals surface area (Å²) < 4.78 is 34.0. The highest BCUT2D eigenvalue weighted by Crippen LogP contribution is 2.29. The molecule has 1 aromatic rings. The monoisotopic (exact) mass is 345 g/mol. The number of benzene rings is 1. The average molecular weight is 345 g/mol. The van der Waals surface area contributed by atoms with E-state index in [1.165, 1.54) is 20.2 Å². The summed E-state index contributed by atoms with van der Waals surface area (Å²) in [6.07, 6.45) is 0. The van der Waals surface area contributed by atoms with Gasteiger partial charge in [-0.15, -0.1) is 0 Å². The molecule has 3 amide bonds. The van der Waals surface area contributed by atoms with Gasteiger partial charge < -0.3 is 14.8 Å². The van der Waals surface area contributed by atoms with Crippen LogP contribution < -0.4 is 20.1 Å². The van der Waals surface area contributed by atoms with Crippen molar-refractivity contribution in [2.75, 3.05) is 21.2 Å². The molecule has 0 heterocycles. The van der Waals surface area contributed by atoms with E-state index in [1.807, 2.05) is 0 Å². The van der Waals surface area contributed by atoms with E-state index in [-0.39, 0.29) is 11.5 Å². The maximum Gasteiger partial charge on any atom is 0.387 e. The van der Waals surface area contributed by atoms with Crippen molar-refractivity contribution in [2.24, 2.45) is 0 Å². The van der Waals surface area contributed by atoms with E-state index >= 15 is 0 Å². The highest BCUT2D eigenvalue weighted by atomic mass is 19.3. The fourth-order valence-corrected chi connectivity index (χ4v) is 1.91. The maximum atomic E-state index is 12.3. The zero-order chi connectivity index (χ0) is 18.3. The van der Waals surface area contributed by atoms with E-state index in [2.05, 4.69) is 15.4 Å². The molecule has 0 bridgehead atoms. The van der Waals surface area contributed by atoms with Crippen LogP contribution in [0.15, 0.2) is 18.2 Å². The number of methoxy groups -OCH3 is 1. The fraction of sp³-hybridized carbons (Fsp3) is 0.467. The van der Waals surface area contributed by atoms with E-state index in [9.17, 15) is 18.4 Å². The lowest BCUT2D eigenvalue weighted by atomic mass is 10.1. The van der Waals surface area contributed by atoms with Crippen LogP contribution in [0.3, 0.4) is 0 Å². The molecule has 9 heteroatoms. The van der Waals surface area contributed by atoms with Crippen LogP contribution in [-0.2, 0) is 11.3 Å². The third-order valence-electron chi connectivity index (χ3n) is 3.38. The van der Waals surface area contributed by atoms with E-state index < -0.39 is 24.6 Å². The highest BCUT2D eigenvalue weighted by Gasteiger charge is 2.20. The zero-order valence-corrected chi connectivity index (χ0v) is 13.9.